The molecule has 6 nitrogen and oxygen atoms in total. The molecule has 26 heavy (non-hydrogen) atoms. The molecule has 0 unspecified atom stereocenters. The van der Waals surface area contributed by atoms with Gasteiger partial charge in [-0.25, -0.2) is 0 Å². The Morgan fingerprint density at radius 3 is 2.85 bits per heavy atom. The van der Waals surface area contributed by atoms with Crippen LogP contribution in [0.2, 0.25) is 5.21 Å². The number of hydrogen-bond acceptors (Lipinski definition) is 4. The topological polar surface area (TPSA) is 60.2 Å². The first-order chi connectivity index (χ1) is 12.1. The maximum absolute atomic E-state index is 12.8. The fourth-order valence-electron chi connectivity index (χ4n) is 2.69. The number of carbonyl (C=O) groups excluding carboxylic acids is 1. The van der Waals surface area contributed by atoms with Crippen molar-refractivity contribution in [1.82, 2.24) is 19.7 Å². The summed E-state index contributed by atoms with van der Waals surface area (Å²) in [5.74, 6) is -0.492. The molecule has 2 aromatic heterocycles. The average Bonchev–Trinajstić information content (AvgIpc) is 2.71. The normalized spacial score (nSPS) is 18.1. The standard InChI is InChI=1S/C14H12B2BrF3N4O2/c15-13(16)5-23(1-2-26-7-13)12(25)9-3-10-8(4-21-9)11(17)22-24(10)6-14(18,19)20/h3-4H,1-2,5-7H2. The van der Waals surface area contributed by atoms with Crippen LogP contribution in [0.3, 0.4) is 0 Å². The van der Waals surface area contributed by atoms with Gasteiger partial charge in [-0.3, -0.25) is 14.5 Å². The summed E-state index contributed by atoms with van der Waals surface area (Å²) >= 11 is 3.10. The van der Waals surface area contributed by atoms with Crippen molar-refractivity contribution in [1.29, 1.82) is 0 Å². The maximum Gasteiger partial charge on any atom is 0.408 e. The SMILES string of the molecule is [B]C1([B])COCCN(C(=O)c2cc3c(cn2)c(Br)nn3CC(F)(F)F)C1. The molecule has 2 aromatic rings. The number of fused-ring (bicyclic) bond motifs is 1. The van der Waals surface area contributed by atoms with Crippen molar-refractivity contribution in [3.05, 3.63) is 22.6 Å². The van der Waals surface area contributed by atoms with E-state index in [1.54, 1.807) is 0 Å². The van der Waals surface area contributed by atoms with Crippen LogP contribution in [0.1, 0.15) is 10.5 Å². The molecule has 3 heterocycles. The van der Waals surface area contributed by atoms with E-state index in [4.69, 9.17) is 20.4 Å². The monoisotopic (exact) mass is 426 g/mol. The van der Waals surface area contributed by atoms with Crippen LogP contribution in [0.4, 0.5) is 13.2 Å². The van der Waals surface area contributed by atoms with Crippen molar-refractivity contribution in [2.75, 3.05) is 26.3 Å². The van der Waals surface area contributed by atoms with Gasteiger partial charge in [0.15, 0.2) is 0 Å². The van der Waals surface area contributed by atoms with Gasteiger partial charge >= 0.3 is 6.18 Å². The Labute approximate surface area is 158 Å². The van der Waals surface area contributed by atoms with Crippen molar-refractivity contribution in [3.63, 3.8) is 0 Å². The third kappa shape index (κ3) is 4.22. The Hall–Kier alpha value is -1.55. The smallest absolute Gasteiger partial charge is 0.380 e. The molecule has 0 aromatic carbocycles. The molecule has 1 aliphatic heterocycles. The highest BCUT2D eigenvalue weighted by atomic mass is 79.9. The van der Waals surface area contributed by atoms with Gasteiger partial charge in [0.25, 0.3) is 5.91 Å². The lowest BCUT2D eigenvalue weighted by Crippen LogP contribution is -2.39. The number of alkyl halides is 3. The third-order valence-corrected chi connectivity index (χ3v) is 4.37. The van der Waals surface area contributed by atoms with Gasteiger partial charge < -0.3 is 9.64 Å². The predicted molar refractivity (Wildman–Crippen MR) is 92.2 cm³/mol. The molecular formula is C14H12B2BrF3N4O2. The lowest BCUT2D eigenvalue weighted by atomic mass is 9.55. The summed E-state index contributed by atoms with van der Waals surface area (Å²) in [4.78, 5) is 18.1. The highest BCUT2D eigenvalue weighted by Gasteiger charge is 2.31. The Kier molecular flexibility index (Phi) is 5.08. The highest BCUT2D eigenvalue weighted by molar-refractivity contribution is 9.10. The van der Waals surface area contributed by atoms with E-state index in [9.17, 15) is 18.0 Å². The lowest BCUT2D eigenvalue weighted by Gasteiger charge is -2.29. The van der Waals surface area contributed by atoms with Gasteiger partial charge in [-0.05, 0) is 22.0 Å². The predicted octanol–water partition coefficient (Wildman–Crippen LogP) is 1.68. The molecule has 134 valence electrons. The molecule has 0 bridgehead atoms. The number of rotatable bonds is 2. The van der Waals surface area contributed by atoms with Crippen LogP contribution in [0.5, 0.6) is 0 Å². The van der Waals surface area contributed by atoms with Crippen molar-refractivity contribution in [2.45, 2.75) is 17.9 Å². The summed E-state index contributed by atoms with van der Waals surface area (Å²) in [6, 6.07) is 1.28. The number of hydrogen-bond donors (Lipinski definition) is 0. The van der Waals surface area contributed by atoms with E-state index in [1.165, 1.54) is 17.2 Å². The molecule has 12 heteroatoms. The number of aromatic nitrogens is 3. The summed E-state index contributed by atoms with van der Waals surface area (Å²) in [6.45, 7) is -0.646. The van der Waals surface area contributed by atoms with Crippen LogP contribution in [0.25, 0.3) is 10.9 Å². The third-order valence-electron chi connectivity index (χ3n) is 3.79. The second kappa shape index (κ2) is 6.88. The fraction of sp³-hybridized carbons (Fsp3) is 0.500. The minimum absolute atomic E-state index is 0.0222. The van der Waals surface area contributed by atoms with E-state index < -0.39 is 23.8 Å². The van der Waals surface area contributed by atoms with E-state index in [-0.39, 0.29) is 42.1 Å². The average molecular weight is 427 g/mol. The summed E-state index contributed by atoms with van der Waals surface area (Å²) in [5, 5.41) is 2.98. The quantitative estimate of drug-likeness (QED) is 0.686. The second-order valence-electron chi connectivity index (χ2n) is 6.16. The minimum atomic E-state index is -4.45. The van der Waals surface area contributed by atoms with Gasteiger partial charge in [-0.2, -0.15) is 18.3 Å². The fourth-order valence-corrected chi connectivity index (χ4v) is 3.19. The molecule has 0 aliphatic carbocycles. The van der Waals surface area contributed by atoms with Crippen LogP contribution >= 0.6 is 15.9 Å². The zero-order valence-electron chi connectivity index (χ0n) is 13.5. The summed E-state index contributed by atoms with van der Waals surface area (Å²) < 4.78 is 44.5. The first kappa shape index (κ1) is 19.2. The Morgan fingerprint density at radius 1 is 1.42 bits per heavy atom. The zero-order chi connectivity index (χ0) is 19.1. The number of ether oxygens (including phenoxy) is 1. The van der Waals surface area contributed by atoms with Crippen molar-refractivity contribution in [3.8, 4) is 0 Å². The van der Waals surface area contributed by atoms with Crippen molar-refractivity contribution >= 4 is 48.4 Å². The van der Waals surface area contributed by atoms with Crippen LogP contribution < -0.4 is 0 Å². The first-order valence-corrected chi connectivity index (χ1v) is 8.39. The Balaban J connectivity index is 1.95. The second-order valence-corrected chi connectivity index (χ2v) is 6.91. The van der Waals surface area contributed by atoms with Crippen molar-refractivity contribution < 1.29 is 22.7 Å². The number of nitrogens with zero attached hydrogens (tertiary/aromatic N) is 4. The van der Waals surface area contributed by atoms with E-state index >= 15 is 0 Å². The summed E-state index contributed by atoms with van der Waals surface area (Å²) in [6.07, 6.45) is -3.15. The molecule has 1 saturated heterocycles. The van der Waals surface area contributed by atoms with Crippen molar-refractivity contribution in [2.24, 2.45) is 0 Å². The summed E-state index contributed by atoms with van der Waals surface area (Å²) in [5.41, 5.74) is 0.122. The Bertz CT molecular complexity index is 843. The van der Waals surface area contributed by atoms with Gasteiger partial charge in [0.05, 0.1) is 33.2 Å². The lowest BCUT2D eigenvalue weighted by molar-refractivity contribution is -0.141. The van der Waals surface area contributed by atoms with E-state index in [1.807, 2.05) is 0 Å². The molecule has 1 amide bonds. The van der Waals surface area contributed by atoms with E-state index in [0.29, 0.717) is 5.39 Å². The van der Waals surface area contributed by atoms with Gasteiger partial charge in [0.1, 0.15) is 16.8 Å². The number of amides is 1. The van der Waals surface area contributed by atoms with Gasteiger partial charge in [-0.15, -0.1) is 0 Å². The van der Waals surface area contributed by atoms with E-state index in [0.717, 1.165) is 4.68 Å². The Morgan fingerprint density at radius 2 is 2.15 bits per heavy atom. The van der Waals surface area contributed by atoms with Crippen LogP contribution in [0.15, 0.2) is 16.9 Å². The molecule has 4 radical (unpaired) electrons. The maximum atomic E-state index is 12.8. The highest BCUT2D eigenvalue weighted by Crippen LogP contribution is 2.27. The molecule has 1 fully saturated rings. The van der Waals surface area contributed by atoms with Gasteiger partial charge in [0.2, 0.25) is 0 Å². The van der Waals surface area contributed by atoms with Crippen LogP contribution in [0, 0.1) is 0 Å². The van der Waals surface area contributed by atoms with Crippen LogP contribution in [-0.2, 0) is 11.3 Å². The molecule has 0 atom stereocenters. The van der Waals surface area contributed by atoms with E-state index in [2.05, 4.69) is 26.0 Å². The minimum Gasteiger partial charge on any atom is -0.380 e. The largest absolute Gasteiger partial charge is 0.408 e. The van der Waals surface area contributed by atoms with Gasteiger partial charge in [0, 0.05) is 25.9 Å². The molecule has 0 saturated carbocycles. The molecule has 1 aliphatic rings. The number of pyridine rings is 1. The molecule has 3 rings (SSSR count). The molecule has 0 spiro atoms. The van der Waals surface area contributed by atoms with Crippen LogP contribution in [-0.4, -0.2) is 73.7 Å². The molecular weight excluding hydrogens is 415 g/mol. The first-order valence-electron chi connectivity index (χ1n) is 7.59. The van der Waals surface area contributed by atoms with Gasteiger partial charge in [-0.1, -0.05) is 5.21 Å². The zero-order valence-corrected chi connectivity index (χ0v) is 15.0. The number of carbonyl (C=O) groups is 1. The molecule has 0 N–H and O–H groups in total. The summed E-state index contributed by atoms with van der Waals surface area (Å²) in [7, 11) is 11.7. The number of halogens is 4.